The summed E-state index contributed by atoms with van der Waals surface area (Å²) in [6, 6.07) is 22.7. The smallest absolute Gasteiger partial charge is 0.201 e. The predicted octanol–water partition coefficient (Wildman–Crippen LogP) is 7.37. The monoisotopic (exact) mass is 396 g/mol. The molecule has 2 aliphatic carbocycles. The molecule has 1 spiro atoms. The summed E-state index contributed by atoms with van der Waals surface area (Å²) in [6.45, 7) is 2.19. The molecule has 2 saturated carbocycles. The Morgan fingerprint density at radius 3 is 2.20 bits per heavy atom. The minimum Gasteiger partial charge on any atom is -0.201 e. The number of hydrogen-bond acceptors (Lipinski definition) is 0. The van der Waals surface area contributed by atoms with Gasteiger partial charge in [0.2, 0.25) is 5.69 Å². The van der Waals surface area contributed by atoms with E-state index in [4.69, 9.17) is 0 Å². The van der Waals surface area contributed by atoms with Crippen molar-refractivity contribution in [2.45, 2.75) is 64.2 Å². The van der Waals surface area contributed by atoms with Crippen LogP contribution in [0.5, 0.6) is 0 Å². The summed E-state index contributed by atoms with van der Waals surface area (Å²) in [5.41, 5.74) is 8.78. The van der Waals surface area contributed by atoms with E-state index in [0.29, 0.717) is 0 Å². The summed E-state index contributed by atoms with van der Waals surface area (Å²) in [7, 11) is 2.13. The molecule has 1 heterocycles. The van der Waals surface area contributed by atoms with Crippen LogP contribution >= 0.6 is 0 Å². The van der Waals surface area contributed by atoms with Crippen molar-refractivity contribution in [1.82, 2.24) is 0 Å². The maximum absolute atomic E-state index is 2.40. The van der Waals surface area contributed by atoms with E-state index >= 15 is 0 Å². The van der Waals surface area contributed by atoms with Crippen LogP contribution in [0.15, 0.2) is 66.9 Å². The fourth-order valence-electron chi connectivity index (χ4n) is 6.01. The maximum Gasteiger partial charge on any atom is 0.213 e. The highest BCUT2D eigenvalue weighted by molar-refractivity contribution is 5.70. The van der Waals surface area contributed by atoms with Crippen LogP contribution in [0.3, 0.4) is 0 Å². The van der Waals surface area contributed by atoms with Gasteiger partial charge in [-0.15, -0.1) is 0 Å². The molecule has 2 aliphatic rings. The van der Waals surface area contributed by atoms with Crippen molar-refractivity contribution in [1.29, 1.82) is 0 Å². The lowest BCUT2D eigenvalue weighted by Crippen LogP contribution is -2.30. The largest absolute Gasteiger partial charge is 0.213 e. The number of aryl methyl sites for hydroxylation is 2. The summed E-state index contributed by atoms with van der Waals surface area (Å²) >= 11 is 0. The number of pyridine rings is 1. The van der Waals surface area contributed by atoms with Crippen LogP contribution in [0.1, 0.15) is 68.4 Å². The minimum atomic E-state index is 0.724. The Morgan fingerprint density at radius 2 is 1.50 bits per heavy atom. The van der Waals surface area contributed by atoms with Gasteiger partial charge in [-0.05, 0) is 85.1 Å². The summed E-state index contributed by atoms with van der Waals surface area (Å²) < 4.78 is 2.22. The molecular formula is C29H34N+. The zero-order valence-electron chi connectivity index (χ0n) is 18.5. The molecule has 0 unspecified atom stereocenters. The van der Waals surface area contributed by atoms with E-state index in [1.807, 2.05) is 0 Å². The molecule has 0 bridgehead atoms. The van der Waals surface area contributed by atoms with Gasteiger partial charge in [-0.25, -0.2) is 4.57 Å². The van der Waals surface area contributed by atoms with Crippen LogP contribution in [-0.4, -0.2) is 0 Å². The fraction of sp³-hybridized carbons (Fsp3) is 0.414. The molecule has 5 rings (SSSR count). The van der Waals surface area contributed by atoms with E-state index in [-0.39, 0.29) is 0 Å². The zero-order valence-corrected chi connectivity index (χ0v) is 18.5. The first-order valence-corrected chi connectivity index (χ1v) is 11.8. The molecule has 30 heavy (non-hydrogen) atoms. The van der Waals surface area contributed by atoms with Crippen LogP contribution in [-0.2, 0) is 7.05 Å². The van der Waals surface area contributed by atoms with Gasteiger partial charge < -0.3 is 0 Å². The van der Waals surface area contributed by atoms with Crippen molar-refractivity contribution < 1.29 is 4.57 Å². The van der Waals surface area contributed by atoms with Gasteiger partial charge >= 0.3 is 0 Å². The Kier molecular flexibility index (Phi) is 5.23. The number of aromatic nitrogens is 1. The molecule has 0 aliphatic heterocycles. The van der Waals surface area contributed by atoms with E-state index in [9.17, 15) is 0 Å². The lowest BCUT2D eigenvalue weighted by molar-refractivity contribution is -0.660. The molecule has 1 heteroatoms. The molecule has 0 N–H and O–H groups in total. The van der Waals surface area contributed by atoms with Crippen LogP contribution in [0.2, 0.25) is 0 Å². The molecule has 0 atom stereocenters. The van der Waals surface area contributed by atoms with Gasteiger partial charge in [-0.1, -0.05) is 55.3 Å². The Morgan fingerprint density at radius 1 is 0.800 bits per heavy atom. The van der Waals surface area contributed by atoms with Crippen molar-refractivity contribution >= 4 is 0 Å². The molecule has 2 fully saturated rings. The number of rotatable bonds is 3. The Bertz CT molecular complexity index is 1010. The Hall–Kier alpha value is -2.41. The second-order valence-electron chi connectivity index (χ2n) is 9.83. The molecule has 0 amide bonds. The zero-order chi connectivity index (χ0) is 20.6. The van der Waals surface area contributed by atoms with Crippen LogP contribution in [0.4, 0.5) is 0 Å². The maximum atomic E-state index is 2.40. The second kappa shape index (κ2) is 8.02. The summed E-state index contributed by atoms with van der Waals surface area (Å²) in [4.78, 5) is 0. The molecule has 0 radical (unpaired) electrons. The molecule has 2 aromatic carbocycles. The highest BCUT2D eigenvalue weighted by Crippen LogP contribution is 2.52. The van der Waals surface area contributed by atoms with Crippen molar-refractivity contribution in [3.8, 4) is 22.4 Å². The van der Waals surface area contributed by atoms with Gasteiger partial charge in [0.1, 0.15) is 7.05 Å². The van der Waals surface area contributed by atoms with Gasteiger partial charge in [0.05, 0.1) is 0 Å². The third kappa shape index (κ3) is 3.71. The number of nitrogens with zero attached hydrogens (tertiary/aromatic N) is 1. The highest BCUT2D eigenvalue weighted by atomic mass is 14.9. The predicted molar refractivity (Wildman–Crippen MR) is 125 cm³/mol. The van der Waals surface area contributed by atoms with E-state index in [1.54, 1.807) is 5.56 Å². The highest BCUT2D eigenvalue weighted by Gasteiger charge is 2.37. The normalized spacial score (nSPS) is 18.7. The molecular weight excluding hydrogens is 362 g/mol. The summed E-state index contributed by atoms with van der Waals surface area (Å²) in [5, 5.41) is 0. The minimum absolute atomic E-state index is 0.724. The van der Waals surface area contributed by atoms with Crippen LogP contribution < -0.4 is 4.57 Å². The Labute approximate surface area is 181 Å². The molecule has 3 aromatic rings. The first-order chi connectivity index (χ1) is 14.6. The lowest BCUT2D eigenvalue weighted by Gasteiger charge is -2.37. The number of hydrogen-bond donors (Lipinski definition) is 0. The fourth-order valence-corrected chi connectivity index (χ4v) is 6.01. The standard InChI is InChI=1S/C29H34N/c1-22-7-3-4-8-27(22)28-21-26(15-20-30(28)2)24-11-9-23(10-12-24)25-13-18-29(19-14-25)16-5-6-17-29/h3-4,7-12,15,20-21,25H,5-6,13-14,16-19H2,1-2H3/q+1. The van der Waals surface area contributed by atoms with Crippen LogP contribution in [0.25, 0.3) is 22.4 Å². The lowest BCUT2D eigenvalue weighted by atomic mass is 9.68. The third-order valence-electron chi connectivity index (χ3n) is 8.00. The SMILES string of the molecule is Cc1ccccc1-c1cc(-c2ccc(C3CCC4(CCCC4)CC3)cc2)cc[n+]1C. The van der Waals surface area contributed by atoms with E-state index < -0.39 is 0 Å². The average Bonchev–Trinajstić information content (AvgIpc) is 3.23. The Balaban J connectivity index is 1.36. The first kappa shape index (κ1) is 19.5. The first-order valence-electron chi connectivity index (χ1n) is 11.8. The van der Waals surface area contributed by atoms with Crippen LogP contribution in [0, 0.1) is 12.3 Å². The van der Waals surface area contributed by atoms with Crippen molar-refractivity contribution in [3.05, 3.63) is 78.0 Å². The average molecular weight is 397 g/mol. The van der Waals surface area contributed by atoms with E-state index in [2.05, 4.69) is 85.4 Å². The van der Waals surface area contributed by atoms with E-state index in [0.717, 1.165) is 11.3 Å². The van der Waals surface area contributed by atoms with Gasteiger partial charge in [0, 0.05) is 17.7 Å². The topological polar surface area (TPSA) is 3.88 Å². The van der Waals surface area contributed by atoms with Gasteiger partial charge in [-0.3, -0.25) is 0 Å². The molecule has 1 aromatic heterocycles. The number of benzene rings is 2. The molecule has 0 saturated heterocycles. The molecule has 154 valence electrons. The second-order valence-corrected chi connectivity index (χ2v) is 9.83. The summed E-state index contributed by atoms with van der Waals surface area (Å²) in [5.74, 6) is 0.765. The summed E-state index contributed by atoms with van der Waals surface area (Å²) in [6.07, 6.45) is 13.8. The van der Waals surface area contributed by atoms with Crippen molar-refractivity contribution in [2.75, 3.05) is 0 Å². The van der Waals surface area contributed by atoms with Gasteiger partial charge in [0.25, 0.3) is 0 Å². The third-order valence-corrected chi connectivity index (χ3v) is 8.00. The van der Waals surface area contributed by atoms with Gasteiger partial charge in [0.15, 0.2) is 6.20 Å². The van der Waals surface area contributed by atoms with E-state index in [1.165, 1.54) is 79.3 Å². The quantitative estimate of drug-likeness (QED) is 0.407. The molecule has 1 nitrogen and oxygen atoms in total. The van der Waals surface area contributed by atoms with Crippen molar-refractivity contribution in [3.63, 3.8) is 0 Å². The van der Waals surface area contributed by atoms with Crippen molar-refractivity contribution in [2.24, 2.45) is 12.5 Å². The van der Waals surface area contributed by atoms with Gasteiger partial charge in [-0.2, -0.15) is 0 Å².